The third-order valence-electron chi connectivity index (χ3n) is 4.97. The van der Waals surface area contributed by atoms with Gasteiger partial charge in [-0.3, -0.25) is 14.4 Å². The molecule has 0 radical (unpaired) electrons. The van der Waals surface area contributed by atoms with Gasteiger partial charge in [-0.15, -0.1) is 0 Å². The largest absolute Gasteiger partial charge is 0.466 e. The first kappa shape index (κ1) is 20.6. The van der Waals surface area contributed by atoms with Gasteiger partial charge in [0.2, 0.25) is 11.8 Å². The van der Waals surface area contributed by atoms with E-state index in [0.717, 1.165) is 29.3 Å². The predicted octanol–water partition coefficient (Wildman–Crippen LogP) is 2.31. The number of carbonyl (C=O) groups excluding carboxylic acids is 3. The van der Waals surface area contributed by atoms with Crippen LogP contribution in [-0.4, -0.2) is 55.0 Å². The molecule has 1 aliphatic heterocycles. The summed E-state index contributed by atoms with van der Waals surface area (Å²) in [5.41, 5.74) is 0.828. The van der Waals surface area contributed by atoms with Gasteiger partial charge in [-0.05, 0) is 29.3 Å². The van der Waals surface area contributed by atoms with E-state index in [9.17, 15) is 14.4 Å². The highest BCUT2D eigenvalue weighted by atomic mass is 16.5. The Morgan fingerprint density at radius 2 is 2.00 bits per heavy atom. The number of hydrogen-bond acceptors (Lipinski definition) is 5. The molecule has 154 valence electrons. The third-order valence-corrected chi connectivity index (χ3v) is 4.97. The smallest absolute Gasteiger partial charge is 0.308 e. The Bertz CT molecular complexity index is 883. The van der Waals surface area contributed by atoms with Gasteiger partial charge in [0.15, 0.2) is 0 Å². The first-order valence-electron chi connectivity index (χ1n) is 10.0. The predicted molar refractivity (Wildman–Crippen MR) is 111 cm³/mol. The maximum atomic E-state index is 12.8. The minimum absolute atomic E-state index is 0.0486. The molecule has 3 rings (SSSR count). The molecule has 1 fully saturated rings. The number of ether oxygens (including phenoxy) is 1. The molecule has 0 aliphatic carbocycles. The van der Waals surface area contributed by atoms with Crippen LogP contribution >= 0.6 is 0 Å². The summed E-state index contributed by atoms with van der Waals surface area (Å²) >= 11 is 0. The van der Waals surface area contributed by atoms with Crippen LogP contribution in [0, 0.1) is 0 Å². The first-order chi connectivity index (χ1) is 14.1. The number of hydrogen-bond donors (Lipinski definition) is 2. The van der Waals surface area contributed by atoms with Crippen LogP contribution in [0.2, 0.25) is 0 Å². The maximum absolute atomic E-state index is 12.8. The van der Waals surface area contributed by atoms with Crippen molar-refractivity contribution >= 4 is 34.2 Å². The fourth-order valence-corrected chi connectivity index (χ4v) is 3.34. The number of anilines is 1. The number of amides is 2. The summed E-state index contributed by atoms with van der Waals surface area (Å²) in [7, 11) is 0. The second-order valence-electron chi connectivity index (χ2n) is 7.09. The lowest BCUT2D eigenvalue weighted by Crippen LogP contribution is -2.58. The summed E-state index contributed by atoms with van der Waals surface area (Å²) in [4.78, 5) is 38.5. The Balaban J connectivity index is 1.60. The third kappa shape index (κ3) is 5.47. The molecule has 2 amide bonds. The van der Waals surface area contributed by atoms with Gasteiger partial charge in [0.1, 0.15) is 6.04 Å². The molecule has 0 saturated carbocycles. The molecule has 2 aromatic rings. The first-order valence-corrected chi connectivity index (χ1v) is 10.0. The quantitative estimate of drug-likeness (QED) is 0.527. The molecule has 0 aromatic heterocycles. The molecule has 1 atom stereocenters. The molecule has 2 aromatic carbocycles. The summed E-state index contributed by atoms with van der Waals surface area (Å²) < 4.78 is 5.16. The van der Waals surface area contributed by atoms with Crippen LogP contribution in [0.15, 0.2) is 42.5 Å². The molecule has 7 nitrogen and oxygen atoms in total. The number of rotatable bonds is 8. The molecule has 29 heavy (non-hydrogen) atoms. The van der Waals surface area contributed by atoms with Crippen molar-refractivity contribution in [1.82, 2.24) is 10.2 Å². The van der Waals surface area contributed by atoms with Gasteiger partial charge in [-0.2, -0.15) is 0 Å². The molecule has 1 heterocycles. The van der Waals surface area contributed by atoms with Gasteiger partial charge in [-0.25, -0.2) is 0 Å². The molecule has 0 spiro atoms. The average Bonchev–Trinajstić information content (AvgIpc) is 2.73. The highest BCUT2D eigenvalue weighted by molar-refractivity contribution is 5.93. The molecule has 1 aliphatic rings. The van der Waals surface area contributed by atoms with Crippen molar-refractivity contribution in [3.8, 4) is 0 Å². The SMILES string of the molecule is CCCCOC(=O)CC1C(=O)NCCN1C(=O)CNc1ccc2ccccc2c1. The highest BCUT2D eigenvalue weighted by Crippen LogP contribution is 2.19. The molecular formula is C22H27N3O4. The fraction of sp³-hybridized carbons (Fsp3) is 0.409. The summed E-state index contributed by atoms with van der Waals surface area (Å²) in [6, 6.07) is 13.0. The van der Waals surface area contributed by atoms with Crippen LogP contribution in [0.25, 0.3) is 10.8 Å². The molecule has 1 unspecified atom stereocenters. The summed E-state index contributed by atoms with van der Waals surface area (Å²) in [5.74, 6) is -0.997. The van der Waals surface area contributed by atoms with Crippen molar-refractivity contribution in [2.24, 2.45) is 0 Å². The Morgan fingerprint density at radius 3 is 2.79 bits per heavy atom. The van der Waals surface area contributed by atoms with E-state index >= 15 is 0 Å². The lowest BCUT2D eigenvalue weighted by Gasteiger charge is -2.34. The Hall–Kier alpha value is -3.09. The van der Waals surface area contributed by atoms with Crippen LogP contribution in [0.1, 0.15) is 26.2 Å². The monoisotopic (exact) mass is 397 g/mol. The zero-order valence-corrected chi connectivity index (χ0v) is 16.6. The zero-order valence-electron chi connectivity index (χ0n) is 16.6. The lowest BCUT2D eigenvalue weighted by atomic mass is 10.1. The van der Waals surface area contributed by atoms with Crippen molar-refractivity contribution in [3.63, 3.8) is 0 Å². The number of carbonyl (C=O) groups is 3. The molecule has 1 saturated heterocycles. The lowest BCUT2D eigenvalue weighted by molar-refractivity contribution is -0.151. The Labute approximate surface area is 170 Å². The van der Waals surface area contributed by atoms with Crippen molar-refractivity contribution in [2.45, 2.75) is 32.2 Å². The number of benzene rings is 2. The van der Waals surface area contributed by atoms with E-state index in [-0.39, 0.29) is 24.8 Å². The molecule has 0 bridgehead atoms. The second-order valence-corrected chi connectivity index (χ2v) is 7.09. The Morgan fingerprint density at radius 1 is 1.21 bits per heavy atom. The normalized spacial score (nSPS) is 16.4. The van der Waals surface area contributed by atoms with Gasteiger partial charge in [-0.1, -0.05) is 43.7 Å². The number of nitrogens with one attached hydrogen (secondary N) is 2. The summed E-state index contributed by atoms with van der Waals surface area (Å²) in [6.45, 7) is 3.14. The van der Waals surface area contributed by atoms with E-state index in [1.165, 1.54) is 4.90 Å². The van der Waals surface area contributed by atoms with Crippen LogP contribution in [-0.2, 0) is 19.1 Å². The van der Waals surface area contributed by atoms with E-state index in [4.69, 9.17) is 4.74 Å². The van der Waals surface area contributed by atoms with E-state index in [2.05, 4.69) is 10.6 Å². The van der Waals surface area contributed by atoms with Crippen molar-refractivity contribution in [1.29, 1.82) is 0 Å². The zero-order chi connectivity index (χ0) is 20.6. The van der Waals surface area contributed by atoms with E-state index in [1.807, 2.05) is 49.4 Å². The molecule has 2 N–H and O–H groups in total. The topological polar surface area (TPSA) is 87.7 Å². The van der Waals surface area contributed by atoms with Crippen molar-refractivity contribution in [3.05, 3.63) is 42.5 Å². The number of nitrogens with zero attached hydrogens (tertiary/aromatic N) is 1. The summed E-state index contributed by atoms with van der Waals surface area (Å²) in [6.07, 6.45) is 1.57. The van der Waals surface area contributed by atoms with Gasteiger partial charge >= 0.3 is 5.97 Å². The molecule has 7 heteroatoms. The number of fused-ring (bicyclic) bond motifs is 1. The minimum atomic E-state index is -0.830. The van der Waals surface area contributed by atoms with Gasteiger partial charge < -0.3 is 20.3 Å². The van der Waals surface area contributed by atoms with Crippen LogP contribution < -0.4 is 10.6 Å². The number of esters is 1. The van der Waals surface area contributed by atoms with Gasteiger partial charge in [0.05, 0.1) is 19.6 Å². The Kier molecular flexibility index (Phi) is 7.05. The van der Waals surface area contributed by atoms with Crippen LogP contribution in [0.5, 0.6) is 0 Å². The van der Waals surface area contributed by atoms with Crippen molar-refractivity contribution in [2.75, 3.05) is 31.6 Å². The average molecular weight is 397 g/mol. The van der Waals surface area contributed by atoms with Crippen LogP contribution in [0.4, 0.5) is 5.69 Å². The maximum Gasteiger partial charge on any atom is 0.308 e. The van der Waals surface area contributed by atoms with E-state index in [1.54, 1.807) is 0 Å². The van der Waals surface area contributed by atoms with E-state index in [0.29, 0.717) is 19.7 Å². The number of unbranched alkanes of at least 4 members (excludes halogenated alkanes) is 1. The molecular weight excluding hydrogens is 370 g/mol. The number of piperazine rings is 1. The van der Waals surface area contributed by atoms with Gasteiger partial charge in [0, 0.05) is 18.8 Å². The standard InChI is InChI=1S/C22H27N3O4/c1-2-3-12-29-21(27)14-19-22(28)23-10-11-25(19)20(26)15-24-18-9-8-16-6-4-5-7-17(16)13-18/h4-9,13,19,24H,2-3,10-12,14-15H2,1H3,(H,23,28). The second kappa shape index (κ2) is 9.91. The minimum Gasteiger partial charge on any atom is -0.466 e. The fourth-order valence-electron chi connectivity index (χ4n) is 3.34. The highest BCUT2D eigenvalue weighted by Gasteiger charge is 2.34. The van der Waals surface area contributed by atoms with Crippen LogP contribution in [0.3, 0.4) is 0 Å². The van der Waals surface area contributed by atoms with E-state index < -0.39 is 12.0 Å². The van der Waals surface area contributed by atoms with Crippen molar-refractivity contribution < 1.29 is 19.1 Å². The summed E-state index contributed by atoms with van der Waals surface area (Å²) in [5, 5.41) is 8.05. The van der Waals surface area contributed by atoms with Gasteiger partial charge in [0.25, 0.3) is 0 Å².